The summed E-state index contributed by atoms with van der Waals surface area (Å²) in [6.07, 6.45) is -0.462. The second-order valence-corrected chi connectivity index (χ2v) is 11.1. The highest BCUT2D eigenvalue weighted by atomic mass is 16.5. The van der Waals surface area contributed by atoms with Crippen LogP contribution in [0.1, 0.15) is 29.0 Å². The Morgan fingerprint density at radius 3 is 2.20 bits per heavy atom. The van der Waals surface area contributed by atoms with Crippen LogP contribution in [-0.4, -0.2) is 84.8 Å². The van der Waals surface area contributed by atoms with E-state index in [9.17, 15) is 19.5 Å². The van der Waals surface area contributed by atoms with Crippen molar-refractivity contribution in [2.75, 3.05) is 40.3 Å². The zero-order valence-electron chi connectivity index (χ0n) is 23.4. The maximum Gasteiger partial charge on any atom is 0.407 e. The van der Waals surface area contributed by atoms with E-state index in [1.165, 1.54) is 0 Å². The number of nitrogens with zero attached hydrogens (tertiary/aromatic N) is 2. The second kappa shape index (κ2) is 12.1. The van der Waals surface area contributed by atoms with Crippen LogP contribution in [0.5, 0.6) is 0 Å². The van der Waals surface area contributed by atoms with Crippen molar-refractivity contribution in [2.45, 2.75) is 30.5 Å². The maximum absolute atomic E-state index is 13.4. The van der Waals surface area contributed by atoms with Gasteiger partial charge in [0.1, 0.15) is 12.6 Å². The van der Waals surface area contributed by atoms with Gasteiger partial charge in [0.2, 0.25) is 5.91 Å². The van der Waals surface area contributed by atoms with Crippen LogP contribution in [0.4, 0.5) is 4.79 Å². The fraction of sp³-hybridized carbons (Fsp3) is 0.344. The van der Waals surface area contributed by atoms with E-state index in [0.29, 0.717) is 13.1 Å². The number of carbonyl (C=O) groups is 3. The third-order valence-corrected chi connectivity index (χ3v) is 7.87. The first-order valence-electron chi connectivity index (χ1n) is 13.8. The zero-order chi connectivity index (χ0) is 29.0. The quantitative estimate of drug-likeness (QED) is 0.351. The van der Waals surface area contributed by atoms with Gasteiger partial charge in [-0.05, 0) is 48.3 Å². The first-order valence-corrected chi connectivity index (χ1v) is 13.8. The Morgan fingerprint density at radius 1 is 0.976 bits per heavy atom. The third-order valence-electron chi connectivity index (χ3n) is 7.87. The molecular formula is C32H36N4O5. The lowest BCUT2D eigenvalue weighted by Crippen LogP contribution is -2.62. The lowest BCUT2D eigenvalue weighted by atomic mass is 9.98. The molecule has 0 spiro atoms. The summed E-state index contributed by atoms with van der Waals surface area (Å²) in [6, 6.07) is 24.9. The van der Waals surface area contributed by atoms with Gasteiger partial charge in [-0.15, -0.1) is 0 Å². The van der Waals surface area contributed by atoms with Crippen molar-refractivity contribution in [1.82, 2.24) is 20.4 Å². The average Bonchev–Trinajstić information content (AvgIpc) is 3.51. The molecule has 2 atom stereocenters. The van der Waals surface area contributed by atoms with Crippen molar-refractivity contribution < 1.29 is 24.2 Å². The molecule has 1 aliphatic carbocycles. The maximum atomic E-state index is 13.4. The molecule has 1 fully saturated rings. The molecule has 1 aliphatic heterocycles. The van der Waals surface area contributed by atoms with E-state index in [0.717, 1.165) is 27.8 Å². The Hall–Kier alpha value is -4.21. The van der Waals surface area contributed by atoms with Gasteiger partial charge in [0.15, 0.2) is 5.54 Å². The topological polar surface area (TPSA) is 111 Å². The number of hydrogen-bond acceptors (Lipinski definition) is 6. The molecule has 0 aromatic heterocycles. The number of aliphatic carboxylic acids is 1. The summed E-state index contributed by atoms with van der Waals surface area (Å²) >= 11 is 0. The molecule has 5 rings (SSSR count). The van der Waals surface area contributed by atoms with Gasteiger partial charge < -0.3 is 25.4 Å². The number of alkyl carbamates (subject to hydrolysis) is 1. The molecule has 0 bridgehead atoms. The van der Waals surface area contributed by atoms with Gasteiger partial charge in [0, 0.05) is 32.1 Å². The van der Waals surface area contributed by atoms with Crippen molar-refractivity contribution in [3.63, 3.8) is 0 Å². The highest BCUT2D eigenvalue weighted by Gasteiger charge is 2.47. The van der Waals surface area contributed by atoms with Gasteiger partial charge >= 0.3 is 12.1 Å². The third kappa shape index (κ3) is 6.26. The summed E-state index contributed by atoms with van der Waals surface area (Å²) in [5.41, 5.74) is 4.06. The molecule has 1 heterocycles. The van der Waals surface area contributed by atoms with Crippen LogP contribution in [0.15, 0.2) is 78.9 Å². The molecular weight excluding hydrogens is 520 g/mol. The molecule has 2 amide bonds. The van der Waals surface area contributed by atoms with E-state index in [2.05, 4.69) is 22.8 Å². The molecule has 9 nitrogen and oxygen atoms in total. The number of carbonyl (C=O) groups excluding carboxylic acids is 2. The molecule has 9 heteroatoms. The van der Waals surface area contributed by atoms with Crippen LogP contribution >= 0.6 is 0 Å². The van der Waals surface area contributed by atoms with Crippen molar-refractivity contribution in [3.8, 4) is 11.1 Å². The first kappa shape index (κ1) is 28.3. The molecule has 0 saturated carbocycles. The number of carboxylic acids is 1. The Labute approximate surface area is 240 Å². The number of nitrogens with one attached hydrogen (secondary N) is 2. The Bertz CT molecular complexity index is 1370. The molecule has 1 saturated heterocycles. The Kier molecular flexibility index (Phi) is 8.37. The summed E-state index contributed by atoms with van der Waals surface area (Å²) in [5, 5.41) is 15.6. The van der Waals surface area contributed by atoms with Crippen LogP contribution in [0.25, 0.3) is 11.1 Å². The summed E-state index contributed by atoms with van der Waals surface area (Å²) in [7, 11) is 3.56. The molecule has 41 heavy (non-hydrogen) atoms. The summed E-state index contributed by atoms with van der Waals surface area (Å²) < 4.78 is 5.65. The fourth-order valence-corrected chi connectivity index (χ4v) is 5.86. The highest BCUT2D eigenvalue weighted by Crippen LogP contribution is 2.44. The Balaban J connectivity index is 1.23. The van der Waals surface area contributed by atoms with Crippen molar-refractivity contribution in [3.05, 3.63) is 95.6 Å². The minimum absolute atomic E-state index is 0.112. The lowest BCUT2D eigenvalue weighted by Gasteiger charge is -2.30. The minimum atomic E-state index is -1.45. The van der Waals surface area contributed by atoms with Crippen LogP contribution in [-0.2, 0) is 20.9 Å². The number of likely N-dealkylation sites (N-methyl/N-ethyl adjacent to an activating group) is 1. The predicted octanol–water partition coefficient (Wildman–Crippen LogP) is 3.30. The first-order chi connectivity index (χ1) is 19.8. The van der Waals surface area contributed by atoms with E-state index < -0.39 is 29.6 Å². The monoisotopic (exact) mass is 556 g/mol. The predicted molar refractivity (Wildman–Crippen MR) is 155 cm³/mol. The molecule has 3 aromatic carbocycles. The highest BCUT2D eigenvalue weighted by molar-refractivity contribution is 5.92. The SMILES string of the molecule is CN(C)C[C@H](NC(=O)OCC1c2ccccc2-c2ccccc21)C(=O)NC1(C(=O)O)CCN(Cc2ccccc2)C1. The van der Waals surface area contributed by atoms with Crippen LogP contribution in [0.2, 0.25) is 0 Å². The number of rotatable bonds is 10. The lowest BCUT2D eigenvalue weighted by molar-refractivity contribution is -0.147. The van der Waals surface area contributed by atoms with Crippen molar-refractivity contribution in [2.24, 2.45) is 0 Å². The summed E-state index contributed by atoms with van der Waals surface area (Å²) in [5.74, 6) is -1.76. The van der Waals surface area contributed by atoms with E-state index in [-0.39, 0.29) is 32.0 Å². The Morgan fingerprint density at radius 2 is 1.59 bits per heavy atom. The average molecular weight is 557 g/mol. The van der Waals surface area contributed by atoms with Gasteiger partial charge in [0.05, 0.1) is 0 Å². The van der Waals surface area contributed by atoms with E-state index in [1.807, 2.05) is 71.6 Å². The van der Waals surface area contributed by atoms with Gasteiger partial charge in [-0.3, -0.25) is 9.69 Å². The number of carboxylic acid groups (broad SMARTS) is 1. The van der Waals surface area contributed by atoms with Gasteiger partial charge in [-0.1, -0.05) is 78.9 Å². The molecule has 214 valence electrons. The number of amides is 2. The summed E-state index contributed by atoms with van der Waals surface area (Å²) in [4.78, 5) is 42.6. The largest absolute Gasteiger partial charge is 0.479 e. The number of fused-ring (bicyclic) bond motifs is 3. The van der Waals surface area contributed by atoms with E-state index in [1.54, 1.807) is 19.0 Å². The second-order valence-electron chi connectivity index (χ2n) is 11.1. The number of likely N-dealkylation sites (tertiary alicyclic amines) is 1. The van der Waals surface area contributed by atoms with E-state index >= 15 is 0 Å². The molecule has 3 N–H and O–H groups in total. The summed E-state index contributed by atoms with van der Waals surface area (Å²) in [6.45, 7) is 1.58. The van der Waals surface area contributed by atoms with E-state index in [4.69, 9.17) is 4.74 Å². The van der Waals surface area contributed by atoms with Crippen LogP contribution in [0.3, 0.4) is 0 Å². The number of benzene rings is 3. The van der Waals surface area contributed by atoms with Crippen LogP contribution < -0.4 is 10.6 Å². The molecule has 0 radical (unpaired) electrons. The molecule has 3 aromatic rings. The molecule has 2 aliphatic rings. The fourth-order valence-electron chi connectivity index (χ4n) is 5.86. The van der Waals surface area contributed by atoms with Gasteiger partial charge in [0.25, 0.3) is 0 Å². The number of hydrogen-bond donors (Lipinski definition) is 3. The van der Waals surface area contributed by atoms with Crippen LogP contribution in [0, 0.1) is 0 Å². The number of ether oxygens (including phenoxy) is 1. The van der Waals surface area contributed by atoms with Gasteiger partial charge in [-0.25, -0.2) is 9.59 Å². The standard InChI is InChI=1S/C32H36N4O5/c1-35(2)19-28(29(37)34-32(30(38)39)16-17-36(21-32)18-22-10-4-3-5-11-22)33-31(40)41-20-27-25-14-8-6-12-23(25)24-13-7-9-15-26(24)27/h3-15,27-28H,16-21H2,1-2H3,(H,33,40)(H,34,37)(H,38,39)/t28-,32?/m0/s1. The van der Waals surface area contributed by atoms with Crippen molar-refractivity contribution >= 4 is 18.0 Å². The molecule has 1 unspecified atom stereocenters. The smallest absolute Gasteiger partial charge is 0.407 e. The minimum Gasteiger partial charge on any atom is -0.479 e. The van der Waals surface area contributed by atoms with Gasteiger partial charge in [-0.2, -0.15) is 0 Å². The van der Waals surface area contributed by atoms with Crippen molar-refractivity contribution in [1.29, 1.82) is 0 Å². The zero-order valence-corrected chi connectivity index (χ0v) is 23.4. The normalized spacial score (nSPS) is 18.9.